The summed E-state index contributed by atoms with van der Waals surface area (Å²) in [6.07, 6.45) is -1.34. The fourth-order valence-corrected chi connectivity index (χ4v) is 3.34. The van der Waals surface area contributed by atoms with Gasteiger partial charge < -0.3 is 14.8 Å². The first-order chi connectivity index (χ1) is 16.7. The number of rotatable bonds is 9. The van der Waals surface area contributed by atoms with Gasteiger partial charge >= 0.3 is 6.09 Å². The number of ether oxygens (including phenoxy) is 2. The molecule has 7 nitrogen and oxygen atoms in total. The van der Waals surface area contributed by atoms with Gasteiger partial charge in [-0.25, -0.2) is 4.79 Å². The molecule has 0 fully saturated rings. The molecule has 0 heterocycles. The molecule has 184 valence electrons. The van der Waals surface area contributed by atoms with Crippen LogP contribution in [0.2, 0.25) is 0 Å². The molecule has 0 saturated heterocycles. The fourth-order valence-electron chi connectivity index (χ4n) is 3.34. The number of benzene rings is 3. The van der Waals surface area contributed by atoms with Gasteiger partial charge in [0, 0.05) is 0 Å². The third-order valence-corrected chi connectivity index (χ3v) is 5.03. The molecule has 7 heteroatoms. The Morgan fingerprint density at radius 3 is 1.80 bits per heavy atom. The Bertz CT molecular complexity index is 1030. The monoisotopic (exact) mass is 475 g/mol. The smallest absolute Gasteiger partial charge is 0.408 e. The van der Waals surface area contributed by atoms with Crippen molar-refractivity contribution in [2.75, 3.05) is 5.01 Å². The first-order valence-electron chi connectivity index (χ1n) is 11.6. The average Bonchev–Trinajstić information content (AvgIpc) is 2.85. The minimum atomic E-state index is -1.01. The van der Waals surface area contributed by atoms with Gasteiger partial charge in [-0.3, -0.25) is 15.2 Å². The molecule has 3 aromatic rings. The van der Waals surface area contributed by atoms with Crippen LogP contribution < -0.4 is 15.8 Å². The Kier molecular flexibility index (Phi) is 8.86. The molecule has 35 heavy (non-hydrogen) atoms. The third-order valence-electron chi connectivity index (χ3n) is 5.03. The van der Waals surface area contributed by atoms with Crippen molar-refractivity contribution >= 4 is 23.4 Å². The van der Waals surface area contributed by atoms with Crippen molar-refractivity contribution in [1.29, 1.82) is 0 Å². The van der Waals surface area contributed by atoms with Crippen molar-refractivity contribution in [2.45, 2.75) is 52.0 Å². The van der Waals surface area contributed by atoms with Gasteiger partial charge in [0.1, 0.15) is 11.6 Å². The molecule has 3 aromatic carbocycles. The van der Waals surface area contributed by atoms with E-state index in [1.54, 1.807) is 32.7 Å². The Morgan fingerprint density at radius 2 is 1.31 bits per heavy atom. The number of carbonyl (C=O) groups excluding carboxylic acids is 2. The Balaban J connectivity index is 1.82. The van der Waals surface area contributed by atoms with Crippen LogP contribution in [0.25, 0.3) is 0 Å². The normalized spacial score (nSPS) is 12.8. The standard InChI is InChI=1S/C28H33N3O4/c1-21(34-20-22-14-8-5-9-15-22)25(29-27(33)35-28(2,3)4)26(32)30-31(23-16-10-6-11-17-23)24-18-12-7-13-19-24/h5-19,21,25H,20H2,1-4H3,(H,29,33)(H,30,32)/t21-,25-/m0/s1. The number of anilines is 2. The summed E-state index contributed by atoms with van der Waals surface area (Å²) in [5, 5.41) is 4.37. The van der Waals surface area contributed by atoms with E-state index in [0.717, 1.165) is 16.9 Å². The molecule has 0 aliphatic carbocycles. The fraction of sp³-hybridized carbons (Fsp3) is 0.286. The molecule has 0 aliphatic rings. The van der Waals surface area contributed by atoms with Crippen LogP contribution in [-0.4, -0.2) is 29.7 Å². The molecule has 0 saturated carbocycles. The predicted octanol–water partition coefficient (Wildman–Crippen LogP) is 5.35. The minimum absolute atomic E-state index is 0.295. The molecular weight excluding hydrogens is 442 g/mol. The Labute approximate surface area is 207 Å². The number of nitrogens with zero attached hydrogens (tertiary/aromatic N) is 1. The van der Waals surface area contributed by atoms with Gasteiger partial charge in [-0.1, -0.05) is 66.7 Å². The van der Waals surface area contributed by atoms with E-state index in [0.29, 0.717) is 6.61 Å². The zero-order chi connectivity index (χ0) is 25.3. The van der Waals surface area contributed by atoms with Crippen LogP contribution in [-0.2, 0) is 20.9 Å². The third kappa shape index (κ3) is 8.15. The highest BCUT2D eigenvalue weighted by Crippen LogP contribution is 2.23. The summed E-state index contributed by atoms with van der Waals surface area (Å²) in [5.74, 6) is -0.441. The number of amides is 2. The van der Waals surface area contributed by atoms with Crippen LogP contribution in [0, 0.1) is 0 Å². The molecule has 0 spiro atoms. The molecule has 0 aromatic heterocycles. The summed E-state index contributed by atoms with van der Waals surface area (Å²) in [6, 6.07) is 27.5. The molecule has 0 bridgehead atoms. The molecule has 2 atom stereocenters. The average molecular weight is 476 g/mol. The van der Waals surface area contributed by atoms with Crippen molar-refractivity contribution in [1.82, 2.24) is 10.7 Å². The topological polar surface area (TPSA) is 79.9 Å². The van der Waals surface area contributed by atoms with Crippen molar-refractivity contribution < 1.29 is 19.1 Å². The van der Waals surface area contributed by atoms with E-state index in [1.165, 1.54) is 0 Å². The Hall–Kier alpha value is -3.84. The predicted molar refractivity (Wildman–Crippen MR) is 137 cm³/mol. The lowest BCUT2D eigenvalue weighted by molar-refractivity contribution is -0.127. The summed E-state index contributed by atoms with van der Waals surface area (Å²) in [7, 11) is 0. The molecule has 0 radical (unpaired) electrons. The number of hydrogen-bond acceptors (Lipinski definition) is 5. The summed E-state index contributed by atoms with van der Waals surface area (Å²) < 4.78 is 11.4. The SMILES string of the molecule is C[C@H](OCc1ccccc1)[C@H](NC(=O)OC(C)(C)C)C(=O)NN(c1ccccc1)c1ccccc1. The summed E-state index contributed by atoms with van der Waals surface area (Å²) in [4.78, 5) is 26.1. The van der Waals surface area contributed by atoms with Crippen molar-refractivity contribution in [3.63, 3.8) is 0 Å². The maximum absolute atomic E-state index is 13.6. The number of hydrazine groups is 1. The van der Waals surface area contributed by atoms with E-state index < -0.39 is 29.7 Å². The van der Waals surface area contributed by atoms with Gasteiger partial charge in [-0.2, -0.15) is 0 Å². The van der Waals surface area contributed by atoms with Gasteiger partial charge in [0.2, 0.25) is 0 Å². The van der Waals surface area contributed by atoms with Gasteiger partial charge in [-0.05, 0) is 57.5 Å². The first kappa shape index (κ1) is 25.8. The number of para-hydroxylation sites is 2. The van der Waals surface area contributed by atoms with E-state index >= 15 is 0 Å². The van der Waals surface area contributed by atoms with E-state index in [1.807, 2.05) is 91.0 Å². The highest BCUT2D eigenvalue weighted by Gasteiger charge is 2.31. The molecule has 0 unspecified atom stereocenters. The summed E-state index contributed by atoms with van der Waals surface area (Å²) >= 11 is 0. The molecule has 0 aliphatic heterocycles. The second kappa shape index (κ2) is 12.0. The number of nitrogens with one attached hydrogen (secondary N) is 2. The van der Waals surface area contributed by atoms with Crippen molar-refractivity contribution in [3.05, 3.63) is 96.6 Å². The number of alkyl carbamates (subject to hydrolysis) is 1. The van der Waals surface area contributed by atoms with Crippen LogP contribution in [0.3, 0.4) is 0 Å². The van der Waals surface area contributed by atoms with E-state index in [2.05, 4.69) is 10.7 Å². The lowest BCUT2D eigenvalue weighted by Crippen LogP contribution is -2.56. The highest BCUT2D eigenvalue weighted by atomic mass is 16.6. The summed E-state index contributed by atoms with van der Waals surface area (Å²) in [6.45, 7) is 7.35. The molecule has 2 N–H and O–H groups in total. The Morgan fingerprint density at radius 1 is 0.829 bits per heavy atom. The zero-order valence-electron chi connectivity index (χ0n) is 20.6. The summed E-state index contributed by atoms with van der Waals surface area (Å²) in [5.41, 5.74) is 4.73. The highest BCUT2D eigenvalue weighted by molar-refractivity contribution is 5.88. The minimum Gasteiger partial charge on any atom is -0.444 e. The quantitative estimate of drug-likeness (QED) is 0.408. The number of carbonyl (C=O) groups is 2. The molecule has 3 rings (SSSR count). The van der Waals surface area contributed by atoms with E-state index in [-0.39, 0.29) is 0 Å². The lowest BCUT2D eigenvalue weighted by atomic mass is 10.1. The van der Waals surface area contributed by atoms with Crippen LogP contribution in [0.4, 0.5) is 16.2 Å². The first-order valence-corrected chi connectivity index (χ1v) is 11.6. The van der Waals surface area contributed by atoms with Gasteiger partial charge in [0.15, 0.2) is 0 Å². The van der Waals surface area contributed by atoms with Crippen LogP contribution in [0.5, 0.6) is 0 Å². The second-order valence-corrected chi connectivity index (χ2v) is 9.11. The largest absolute Gasteiger partial charge is 0.444 e. The maximum Gasteiger partial charge on any atom is 0.408 e. The van der Waals surface area contributed by atoms with Crippen LogP contribution in [0.1, 0.15) is 33.3 Å². The number of hydrogen-bond donors (Lipinski definition) is 2. The van der Waals surface area contributed by atoms with E-state index in [9.17, 15) is 9.59 Å². The van der Waals surface area contributed by atoms with Crippen molar-refractivity contribution in [3.8, 4) is 0 Å². The van der Waals surface area contributed by atoms with Crippen LogP contribution in [0.15, 0.2) is 91.0 Å². The van der Waals surface area contributed by atoms with Crippen LogP contribution >= 0.6 is 0 Å². The lowest BCUT2D eigenvalue weighted by Gasteiger charge is -2.31. The zero-order valence-corrected chi connectivity index (χ0v) is 20.6. The molecule has 2 amide bonds. The van der Waals surface area contributed by atoms with Gasteiger partial charge in [-0.15, -0.1) is 0 Å². The van der Waals surface area contributed by atoms with Gasteiger partial charge in [0.25, 0.3) is 5.91 Å². The molecular formula is C28H33N3O4. The van der Waals surface area contributed by atoms with E-state index in [4.69, 9.17) is 9.47 Å². The van der Waals surface area contributed by atoms with Crippen molar-refractivity contribution in [2.24, 2.45) is 0 Å². The second-order valence-electron chi connectivity index (χ2n) is 9.11. The maximum atomic E-state index is 13.6. The van der Waals surface area contributed by atoms with Gasteiger partial charge in [0.05, 0.1) is 24.1 Å².